The Balaban J connectivity index is 1.67. The van der Waals surface area contributed by atoms with Gasteiger partial charge in [0.15, 0.2) is 5.82 Å². The molecule has 1 aromatic carbocycles. The number of nitrogens with zero attached hydrogens (tertiary/aromatic N) is 2. The van der Waals surface area contributed by atoms with Crippen LogP contribution in [0.4, 0.5) is 5.69 Å². The third-order valence-electron chi connectivity index (χ3n) is 4.30. The van der Waals surface area contributed by atoms with Crippen molar-refractivity contribution in [2.75, 3.05) is 5.73 Å². The van der Waals surface area contributed by atoms with E-state index < -0.39 is 0 Å². The highest BCUT2D eigenvalue weighted by molar-refractivity contribution is 5.40. The van der Waals surface area contributed by atoms with Gasteiger partial charge in [0.2, 0.25) is 5.89 Å². The Morgan fingerprint density at radius 3 is 2.60 bits per heavy atom. The Morgan fingerprint density at radius 1 is 1.35 bits per heavy atom. The first-order valence-corrected chi connectivity index (χ1v) is 7.13. The molecule has 0 amide bonds. The van der Waals surface area contributed by atoms with E-state index in [4.69, 9.17) is 10.3 Å². The fourth-order valence-corrected chi connectivity index (χ4v) is 2.60. The minimum atomic E-state index is 0.337. The quantitative estimate of drug-likeness (QED) is 0.864. The monoisotopic (exact) mass is 271 g/mol. The third-order valence-corrected chi connectivity index (χ3v) is 4.30. The first-order valence-electron chi connectivity index (χ1n) is 7.13. The molecule has 106 valence electrons. The summed E-state index contributed by atoms with van der Waals surface area (Å²) in [5.41, 5.74) is 8.07. The lowest BCUT2D eigenvalue weighted by Crippen LogP contribution is -1.99. The van der Waals surface area contributed by atoms with Crippen LogP contribution < -0.4 is 5.73 Å². The zero-order valence-electron chi connectivity index (χ0n) is 12.3. The Kier molecular flexibility index (Phi) is 3.04. The SMILES string of the molecule is CC(Cc1nc(C2CC2(C)C)no1)c1ccc(N)cc1. The fourth-order valence-electron chi connectivity index (χ4n) is 2.60. The van der Waals surface area contributed by atoms with Crippen molar-refractivity contribution in [3.63, 3.8) is 0 Å². The molecule has 1 aliphatic carbocycles. The van der Waals surface area contributed by atoms with Gasteiger partial charge in [0.25, 0.3) is 0 Å². The number of anilines is 1. The second kappa shape index (κ2) is 4.62. The molecule has 2 aromatic rings. The summed E-state index contributed by atoms with van der Waals surface area (Å²) >= 11 is 0. The van der Waals surface area contributed by atoms with E-state index in [1.54, 1.807) is 0 Å². The Bertz CT molecular complexity index is 600. The van der Waals surface area contributed by atoms with E-state index in [1.807, 2.05) is 12.1 Å². The third kappa shape index (κ3) is 2.55. The zero-order valence-corrected chi connectivity index (χ0v) is 12.3. The van der Waals surface area contributed by atoms with Crippen LogP contribution in [0.1, 0.15) is 56.3 Å². The maximum atomic E-state index is 5.71. The van der Waals surface area contributed by atoms with Gasteiger partial charge >= 0.3 is 0 Å². The molecule has 1 saturated carbocycles. The first kappa shape index (κ1) is 13.2. The van der Waals surface area contributed by atoms with Crippen molar-refractivity contribution >= 4 is 5.69 Å². The van der Waals surface area contributed by atoms with Crippen molar-refractivity contribution in [2.24, 2.45) is 5.41 Å². The molecule has 0 radical (unpaired) electrons. The van der Waals surface area contributed by atoms with Crippen LogP contribution in [-0.2, 0) is 6.42 Å². The van der Waals surface area contributed by atoms with Gasteiger partial charge in [0.05, 0.1) is 0 Å². The average Bonchev–Trinajstić information content (AvgIpc) is 2.83. The van der Waals surface area contributed by atoms with Crippen molar-refractivity contribution in [3.8, 4) is 0 Å². The van der Waals surface area contributed by atoms with E-state index in [9.17, 15) is 0 Å². The fraction of sp³-hybridized carbons (Fsp3) is 0.500. The summed E-state index contributed by atoms with van der Waals surface area (Å²) in [4.78, 5) is 4.55. The van der Waals surface area contributed by atoms with Crippen LogP contribution in [0.2, 0.25) is 0 Å². The van der Waals surface area contributed by atoms with Crippen molar-refractivity contribution in [2.45, 2.75) is 45.4 Å². The minimum Gasteiger partial charge on any atom is -0.399 e. The molecule has 2 unspecified atom stereocenters. The van der Waals surface area contributed by atoms with Gasteiger partial charge in [-0.15, -0.1) is 0 Å². The number of rotatable bonds is 4. The van der Waals surface area contributed by atoms with E-state index in [0.29, 0.717) is 17.3 Å². The van der Waals surface area contributed by atoms with E-state index >= 15 is 0 Å². The minimum absolute atomic E-state index is 0.337. The predicted octanol–water partition coefficient (Wildman–Crippen LogP) is 3.51. The van der Waals surface area contributed by atoms with Gasteiger partial charge in [-0.25, -0.2) is 0 Å². The van der Waals surface area contributed by atoms with Gasteiger partial charge in [-0.3, -0.25) is 0 Å². The van der Waals surface area contributed by atoms with E-state index in [2.05, 4.69) is 43.0 Å². The molecule has 1 aromatic heterocycles. The van der Waals surface area contributed by atoms with Gasteiger partial charge in [-0.1, -0.05) is 38.1 Å². The molecule has 4 nitrogen and oxygen atoms in total. The summed E-state index contributed by atoms with van der Waals surface area (Å²) in [6, 6.07) is 7.97. The number of nitrogen functional groups attached to an aromatic ring is 1. The lowest BCUT2D eigenvalue weighted by Gasteiger charge is -2.09. The van der Waals surface area contributed by atoms with Gasteiger partial charge in [-0.05, 0) is 35.4 Å². The van der Waals surface area contributed by atoms with E-state index in [0.717, 1.165) is 30.2 Å². The van der Waals surface area contributed by atoms with Crippen LogP contribution in [-0.4, -0.2) is 10.1 Å². The molecule has 3 rings (SSSR count). The molecule has 1 aliphatic rings. The van der Waals surface area contributed by atoms with Crippen LogP contribution in [0.5, 0.6) is 0 Å². The molecule has 20 heavy (non-hydrogen) atoms. The summed E-state index contributed by atoms with van der Waals surface area (Å²) in [7, 11) is 0. The summed E-state index contributed by atoms with van der Waals surface area (Å²) in [5.74, 6) is 2.41. The normalized spacial score (nSPS) is 21.6. The van der Waals surface area contributed by atoms with Crippen molar-refractivity contribution in [3.05, 3.63) is 41.5 Å². The summed E-state index contributed by atoms with van der Waals surface area (Å²) in [6.45, 7) is 6.64. The highest BCUT2D eigenvalue weighted by atomic mass is 16.5. The smallest absolute Gasteiger partial charge is 0.227 e. The highest BCUT2D eigenvalue weighted by Gasteiger charge is 2.49. The molecule has 0 aliphatic heterocycles. The average molecular weight is 271 g/mol. The molecule has 0 saturated heterocycles. The number of benzene rings is 1. The van der Waals surface area contributed by atoms with Crippen LogP contribution in [0, 0.1) is 5.41 Å². The van der Waals surface area contributed by atoms with Crippen molar-refractivity contribution in [1.82, 2.24) is 10.1 Å². The Labute approximate surface area is 119 Å². The number of aromatic nitrogens is 2. The largest absolute Gasteiger partial charge is 0.399 e. The molecule has 0 spiro atoms. The molecule has 2 N–H and O–H groups in total. The summed E-state index contributed by atoms with van der Waals surface area (Å²) < 4.78 is 5.39. The highest BCUT2D eigenvalue weighted by Crippen LogP contribution is 2.57. The van der Waals surface area contributed by atoms with Crippen LogP contribution in [0.25, 0.3) is 0 Å². The van der Waals surface area contributed by atoms with Crippen molar-refractivity contribution in [1.29, 1.82) is 0 Å². The Morgan fingerprint density at radius 2 is 2.00 bits per heavy atom. The molecule has 1 heterocycles. The maximum absolute atomic E-state index is 5.71. The molecular formula is C16H21N3O. The number of nitrogens with two attached hydrogens (primary N) is 1. The van der Waals surface area contributed by atoms with E-state index in [-0.39, 0.29) is 0 Å². The van der Waals surface area contributed by atoms with Crippen LogP contribution in [0.15, 0.2) is 28.8 Å². The maximum Gasteiger partial charge on any atom is 0.227 e. The first-order chi connectivity index (χ1) is 9.45. The molecule has 4 heteroatoms. The van der Waals surface area contributed by atoms with Gasteiger partial charge in [-0.2, -0.15) is 4.98 Å². The zero-order chi connectivity index (χ0) is 14.3. The van der Waals surface area contributed by atoms with Crippen LogP contribution in [0.3, 0.4) is 0 Å². The van der Waals surface area contributed by atoms with Gasteiger partial charge in [0.1, 0.15) is 0 Å². The molecular weight excluding hydrogens is 250 g/mol. The molecule has 0 bridgehead atoms. The Hall–Kier alpha value is -1.84. The standard InChI is InChI=1S/C16H21N3O/c1-10(11-4-6-12(17)7-5-11)8-14-18-15(19-20-14)13-9-16(13,2)3/h4-7,10,13H,8-9,17H2,1-3H3. The molecule has 1 fully saturated rings. The van der Waals surface area contributed by atoms with Crippen molar-refractivity contribution < 1.29 is 4.52 Å². The lowest BCUT2D eigenvalue weighted by molar-refractivity contribution is 0.365. The topological polar surface area (TPSA) is 64.9 Å². The second-order valence-electron chi connectivity index (χ2n) is 6.56. The predicted molar refractivity (Wildman–Crippen MR) is 78.4 cm³/mol. The second-order valence-corrected chi connectivity index (χ2v) is 6.56. The van der Waals surface area contributed by atoms with Gasteiger partial charge < -0.3 is 10.3 Å². The van der Waals surface area contributed by atoms with Gasteiger partial charge in [0, 0.05) is 18.0 Å². The molecule has 2 atom stereocenters. The lowest BCUT2D eigenvalue weighted by atomic mass is 9.97. The number of hydrogen-bond donors (Lipinski definition) is 1. The number of hydrogen-bond acceptors (Lipinski definition) is 4. The summed E-state index contributed by atoms with van der Waals surface area (Å²) in [6.07, 6.45) is 1.92. The summed E-state index contributed by atoms with van der Waals surface area (Å²) in [5, 5.41) is 4.13. The van der Waals surface area contributed by atoms with E-state index in [1.165, 1.54) is 5.56 Å². The van der Waals surface area contributed by atoms with Crippen LogP contribution >= 0.6 is 0 Å².